The molecule has 0 aromatic carbocycles. The predicted octanol–water partition coefficient (Wildman–Crippen LogP) is 3.32. The van der Waals surface area contributed by atoms with Gasteiger partial charge in [-0.3, -0.25) is 14.5 Å². The van der Waals surface area contributed by atoms with E-state index in [9.17, 15) is 18.0 Å². The zero-order chi connectivity index (χ0) is 19.9. The number of hydrogen-bond acceptors (Lipinski definition) is 7. The molecule has 0 saturated carbocycles. The Morgan fingerprint density at radius 2 is 1.93 bits per heavy atom. The van der Waals surface area contributed by atoms with Gasteiger partial charge in [0.05, 0.1) is 10.8 Å². The lowest BCUT2D eigenvalue weighted by molar-refractivity contribution is -0.142. The van der Waals surface area contributed by atoms with Gasteiger partial charge in [0.25, 0.3) is 5.91 Å². The summed E-state index contributed by atoms with van der Waals surface area (Å²) in [6.07, 6.45) is -4.67. The summed E-state index contributed by atoms with van der Waals surface area (Å²) in [4.78, 5) is 12.5. The third-order valence-electron chi connectivity index (χ3n) is 3.76. The van der Waals surface area contributed by atoms with Crippen molar-refractivity contribution in [2.75, 3.05) is 5.32 Å². The standard InChI is InChI=1S/C15H15F3N6O2S/c1-6(2)10(27)12-22-21-11-8(4-5-9(24(11)12)15(16,17)18)13(25)19-14-23-20-7(3)26-14/h4-6,10,27H,1-3H3,(H,19,23,25). The van der Waals surface area contributed by atoms with E-state index < -0.39 is 23.0 Å². The van der Waals surface area contributed by atoms with Crippen LogP contribution in [-0.2, 0) is 6.18 Å². The second kappa shape index (κ2) is 6.83. The number of thiol groups is 1. The molecular weight excluding hydrogens is 385 g/mol. The van der Waals surface area contributed by atoms with Crippen molar-refractivity contribution in [3.05, 3.63) is 35.1 Å². The lowest BCUT2D eigenvalue weighted by Crippen LogP contribution is -2.19. The number of nitrogens with one attached hydrogen (secondary N) is 1. The van der Waals surface area contributed by atoms with Crippen LogP contribution in [0.2, 0.25) is 0 Å². The molecule has 3 aromatic heterocycles. The number of amides is 1. The molecule has 0 bridgehead atoms. The third-order valence-corrected chi connectivity index (χ3v) is 4.58. The third kappa shape index (κ3) is 3.61. The first kappa shape index (κ1) is 19.1. The van der Waals surface area contributed by atoms with Crippen molar-refractivity contribution in [3.8, 4) is 0 Å². The maximum Gasteiger partial charge on any atom is 0.431 e. The molecule has 0 radical (unpaired) electrons. The first-order valence-electron chi connectivity index (χ1n) is 7.84. The zero-order valence-corrected chi connectivity index (χ0v) is 15.3. The lowest BCUT2D eigenvalue weighted by Gasteiger charge is -2.17. The van der Waals surface area contributed by atoms with E-state index in [1.807, 2.05) is 0 Å². The highest BCUT2D eigenvalue weighted by atomic mass is 32.1. The number of rotatable bonds is 4. The fourth-order valence-electron chi connectivity index (χ4n) is 2.42. The van der Waals surface area contributed by atoms with E-state index in [1.165, 1.54) is 6.92 Å². The van der Waals surface area contributed by atoms with Crippen LogP contribution in [0.3, 0.4) is 0 Å². The molecule has 3 rings (SSSR count). The number of nitrogens with zero attached hydrogens (tertiary/aromatic N) is 5. The first-order chi connectivity index (χ1) is 12.6. The van der Waals surface area contributed by atoms with Crippen molar-refractivity contribution < 1.29 is 22.4 Å². The Morgan fingerprint density at radius 1 is 1.22 bits per heavy atom. The van der Waals surface area contributed by atoms with Gasteiger partial charge in [0.15, 0.2) is 11.5 Å². The molecule has 0 fully saturated rings. The van der Waals surface area contributed by atoms with Gasteiger partial charge in [-0.2, -0.15) is 25.8 Å². The van der Waals surface area contributed by atoms with Crippen molar-refractivity contribution >= 4 is 30.2 Å². The smallest absolute Gasteiger partial charge is 0.408 e. The average Bonchev–Trinajstić information content (AvgIpc) is 3.18. The number of aryl methyl sites for hydroxylation is 1. The molecule has 3 aromatic rings. The van der Waals surface area contributed by atoms with Crippen LogP contribution in [0.25, 0.3) is 5.65 Å². The van der Waals surface area contributed by atoms with E-state index in [4.69, 9.17) is 4.42 Å². The Morgan fingerprint density at radius 3 is 2.48 bits per heavy atom. The van der Waals surface area contributed by atoms with Crippen LogP contribution in [0.1, 0.15) is 46.9 Å². The Balaban J connectivity index is 2.14. The van der Waals surface area contributed by atoms with Crippen LogP contribution >= 0.6 is 12.6 Å². The zero-order valence-electron chi connectivity index (χ0n) is 14.4. The molecule has 1 N–H and O–H groups in total. The summed E-state index contributed by atoms with van der Waals surface area (Å²) in [6.45, 7) is 5.11. The summed E-state index contributed by atoms with van der Waals surface area (Å²) in [5.41, 5.74) is -1.36. The van der Waals surface area contributed by atoms with E-state index >= 15 is 0 Å². The van der Waals surface area contributed by atoms with Gasteiger partial charge in [0.2, 0.25) is 5.89 Å². The van der Waals surface area contributed by atoms with Crippen LogP contribution in [0.15, 0.2) is 16.5 Å². The molecule has 144 valence electrons. The molecule has 0 spiro atoms. The second-order valence-electron chi connectivity index (χ2n) is 6.12. The van der Waals surface area contributed by atoms with Gasteiger partial charge in [-0.15, -0.1) is 15.3 Å². The topological polar surface area (TPSA) is 98.2 Å². The Hall–Kier alpha value is -2.63. The number of carbonyl (C=O) groups is 1. The fraction of sp³-hybridized carbons (Fsp3) is 0.400. The minimum absolute atomic E-state index is 0.000979. The summed E-state index contributed by atoms with van der Waals surface area (Å²) in [5, 5.41) is 16.6. The van der Waals surface area contributed by atoms with Gasteiger partial charge in [0.1, 0.15) is 5.69 Å². The highest BCUT2D eigenvalue weighted by Gasteiger charge is 2.37. The average molecular weight is 400 g/mol. The molecule has 1 unspecified atom stereocenters. The molecule has 0 aliphatic rings. The van der Waals surface area contributed by atoms with E-state index in [1.54, 1.807) is 13.8 Å². The van der Waals surface area contributed by atoms with E-state index in [0.717, 1.165) is 16.5 Å². The van der Waals surface area contributed by atoms with Crippen molar-refractivity contribution in [1.29, 1.82) is 0 Å². The number of carbonyl (C=O) groups excluding carboxylic acids is 1. The van der Waals surface area contributed by atoms with Gasteiger partial charge in [-0.1, -0.05) is 18.9 Å². The first-order valence-corrected chi connectivity index (χ1v) is 8.36. The number of hydrogen-bond donors (Lipinski definition) is 2. The van der Waals surface area contributed by atoms with Gasteiger partial charge in [0, 0.05) is 6.92 Å². The SMILES string of the molecule is Cc1nnc(NC(=O)c2ccc(C(F)(F)F)n3c(C(S)C(C)C)nnc23)o1. The monoisotopic (exact) mass is 400 g/mol. The Bertz CT molecular complexity index is 997. The molecule has 27 heavy (non-hydrogen) atoms. The van der Waals surface area contributed by atoms with Crippen molar-refractivity contribution in [3.63, 3.8) is 0 Å². The maximum absolute atomic E-state index is 13.5. The molecular formula is C15H15F3N6O2S. The van der Waals surface area contributed by atoms with E-state index in [2.05, 4.69) is 38.3 Å². The maximum atomic E-state index is 13.5. The highest BCUT2D eigenvalue weighted by molar-refractivity contribution is 7.80. The van der Waals surface area contributed by atoms with Gasteiger partial charge in [-0.05, 0) is 18.1 Å². The number of fused-ring (bicyclic) bond motifs is 1. The fourth-order valence-corrected chi connectivity index (χ4v) is 2.59. The van der Waals surface area contributed by atoms with Crippen molar-refractivity contribution in [2.24, 2.45) is 5.92 Å². The number of aromatic nitrogens is 5. The highest BCUT2D eigenvalue weighted by Crippen LogP contribution is 2.35. The second-order valence-corrected chi connectivity index (χ2v) is 6.67. The summed E-state index contributed by atoms with van der Waals surface area (Å²) in [6, 6.07) is 1.65. The van der Waals surface area contributed by atoms with Crippen molar-refractivity contribution in [2.45, 2.75) is 32.2 Å². The molecule has 3 heterocycles. The number of halogens is 3. The minimum Gasteiger partial charge on any atom is -0.408 e. The molecule has 1 atom stereocenters. The summed E-state index contributed by atoms with van der Waals surface area (Å²) < 4.78 is 46.3. The van der Waals surface area contributed by atoms with Crippen LogP contribution in [0.5, 0.6) is 0 Å². The number of pyridine rings is 1. The molecule has 0 aliphatic heterocycles. The normalized spacial score (nSPS) is 13.3. The van der Waals surface area contributed by atoms with E-state index in [0.29, 0.717) is 0 Å². The lowest BCUT2D eigenvalue weighted by atomic mass is 10.1. The predicted molar refractivity (Wildman–Crippen MR) is 91.5 cm³/mol. The largest absolute Gasteiger partial charge is 0.431 e. The quantitative estimate of drug-likeness (QED) is 0.652. The molecule has 1 amide bonds. The summed E-state index contributed by atoms with van der Waals surface area (Å²) >= 11 is 4.34. The summed E-state index contributed by atoms with van der Waals surface area (Å²) in [7, 11) is 0. The Labute approximate surface area is 156 Å². The van der Waals surface area contributed by atoms with Gasteiger partial charge in [-0.25, -0.2) is 0 Å². The van der Waals surface area contributed by atoms with Crippen LogP contribution in [-0.4, -0.2) is 30.7 Å². The van der Waals surface area contributed by atoms with Gasteiger partial charge < -0.3 is 4.42 Å². The van der Waals surface area contributed by atoms with Crippen molar-refractivity contribution in [1.82, 2.24) is 24.8 Å². The minimum atomic E-state index is -4.67. The van der Waals surface area contributed by atoms with Crippen LogP contribution in [0.4, 0.5) is 19.2 Å². The Kier molecular flexibility index (Phi) is 4.84. The molecule has 0 aliphatic carbocycles. The molecule has 12 heteroatoms. The number of alkyl halides is 3. The number of anilines is 1. The van der Waals surface area contributed by atoms with Gasteiger partial charge >= 0.3 is 12.2 Å². The van der Waals surface area contributed by atoms with Crippen LogP contribution < -0.4 is 5.32 Å². The summed E-state index contributed by atoms with van der Waals surface area (Å²) in [5.74, 6) is -0.640. The van der Waals surface area contributed by atoms with E-state index in [-0.39, 0.29) is 34.9 Å². The molecule has 8 nitrogen and oxygen atoms in total. The molecule has 0 saturated heterocycles. The van der Waals surface area contributed by atoms with Crippen LogP contribution in [0, 0.1) is 12.8 Å².